The number of nitrogens with zero attached hydrogens (tertiary/aromatic N) is 1. The second-order valence-corrected chi connectivity index (χ2v) is 3.26. The normalized spacial score (nSPS) is 10.1. The van der Waals surface area contributed by atoms with Crippen molar-refractivity contribution in [2.24, 2.45) is 0 Å². The van der Waals surface area contributed by atoms with Gasteiger partial charge in [-0.3, -0.25) is 10.1 Å². The predicted octanol–water partition coefficient (Wildman–Crippen LogP) is 1.71. The summed E-state index contributed by atoms with van der Waals surface area (Å²) < 4.78 is 10.2. The first-order chi connectivity index (χ1) is 8.57. The van der Waals surface area contributed by atoms with Gasteiger partial charge in [-0.15, -0.1) is 0 Å². The third kappa shape index (κ3) is 3.42. The van der Waals surface area contributed by atoms with Crippen molar-refractivity contribution in [2.75, 3.05) is 19.8 Å². The van der Waals surface area contributed by atoms with Gasteiger partial charge in [0.15, 0.2) is 0 Å². The van der Waals surface area contributed by atoms with Crippen LogP contribution in [0.2, 0.25) is 0 Å². The first-order valence-corrected chi connectivity index (χ1v) is 5.29. The van der Waals surface area contributed by atoms with Crippen molar-refractivity contribution in [2.45, 2.75) is 6.92 Å². The van der Waals surface area contributed by atoms with Crippen LogP contribution in [0.3, 0.4) is 0 Å². The van der Waals surface area contributed by atoms with Gasteiger partial charge in [-0.2, -0.15) is 0 Å². The molecule has 18 heavy (non-hydrogen) atoms. The Morgan fingerprint density at radius 2 is 2.17 bits per heavy atom. The minimum atomic E-state index is -1.27. The number of nitro groups is 1. The fraction of sp³-hybridized carbons (Fsp3) is 0.364. The summed E-state index contributed by atoms with van der Waals surface area (Å²) in [7, 11) is 0. The van der Waals surface area contributed by atoms with E-state index in [1.54, 1.807) is 6.92 Å². The van der Waals surface area contributed by atoms with Crippen LogP contribution in [-0.4, -0.2) is 35.8 Å². The number of benzene rings is 1. The maximum Gasteiger partial charge on any atom is 0.339 e. The van der Waals surface area contributed by atoms with Crippen LogP contribution in [0, 0.1) is 10.1 Å². The molecule has 0 saturated carbocycles. The number of carboxylic acids is 1. The quantitative estimate of drug-likeness (QED) is 0.452. The van der Waals surface area contributed by atoms with Gasteiger partial charge in [0.05, 0.1) is 11.5 Å². The third-order valence-electron chi connectivity index (χ3n) is 2.10. The Morgan fingerprint density at radius 1 is 1.44 bits per heavy atom. The standard InChI is InChI=1S/C11H13NO6/c1-2-17-6-7-18-10-8(11(13)14)4-3-5-9(10)12(15)16/h3-5H,2,6-7H2,1H3,(H,13,14). The molecule has 0 radical (unpaired) electrons. The van der Waals surface area contributed by atoms with Crippen LogP contribution in [-0.2, 0) is 4.74 Å². The van der Waals surface area contributed by atoms with Gasteiger partial charge in [-0.1, -0.05) is 6.07 Å². The maximum atomic E-state index is 11.0. The molecular weight excluding hydrogens is 242 g/mol. The summed E-state index contributed by atoms with van der Waals surface area (Å²) >= 11 is 0. The molecule has 0 atom stereocenters. The lowest BCUT2D eigenvalue weighted by Gasteiger charge is -2.09. The first-order valence-electron chi connectivity index (χ1n) is 5.29. The molecule has 0 aliphatic carbocycles. The van der Waals surface area contributed by atoms with Crippen molar-refractivity contribution in [3.8, 4) is 5.75 Å². The number of rotatable bonds is 7. The molecule has 0 saturated heterocycles. The summed E-state index contributed by atoms with van der Waals surface area (Å²) in [6.45, 7) is 2.58. The van der Waals surface area contributed by atoms with Crippen LogP contribution in [0.4, 0.5) is 5.69 Å². The van der Waals surface area contributed by atoms with E-state index < -0.39 is 10.9 Å². The topological polar surface area (TPSA) is 98.9 Å². The summed E-state index contributed by atoms with van der Waals surface area (Å²) in [4.78, 5) is 21.1. The second kappa shape index (κ2) is 6.55. The van der Waals surface area contributed by atoms with E-state index in [-0.39, 0.29) is 30.2 Å². The van der Waals surface area contributed by atoms with Gasteiger partial charge in [0.2, 0.25) is 5.75 Å². The van der Waals surface area contributed by atoms with Gasteiger partial charge < -0.3 is 14.6 Å². The van der Waals surface area contributed by atoms with E-state index in [0.29, 0.717) is 6.61 Å². The molecule has 1 N–H and O–H groups in total. The fourth-order valence-electron chi connectivity index (χ4n) is 1.34. The zero-order valence-electron chi connectivity index (χ0n) is 9.79. The smallest absolute Gasteiger partial charge is 0.339 e. The predicted molar refractivity (Wildman–Crippen MR) is 62.0 cm³/mol. The summed E-state index contributed by atoms with van der Waals surface area (Å²) in [6, 6.07) is 3.75. The molecule has 98 valence electrons. The van der Waals surface area contributed by atoms with Crippen LogP contribution in [0.1, 0.15) is 17.3 Å². The van der Waals surface area contributed by atoms with Gasteiger partial charge in [0, 0.05) is 12.7 Å². The van der Waals surface area contributed by atoms with Gasteiger partial charge >= 0.3 is 11.7 Å². The van der Waals surface area contributed by atoms with E-state index in [1.807, 2.05) is 0 Å². The molecular formula is C11H13NO6. The average Bonchev–Trinajstić information content (AvgIpc) is 2.34. The molecule has 0 heterocycles. The van der Waals surface area contributed by atoms with E-state index in [2.05, 4.69) is 0 Å². The summed E-state index contributed by atoms with van der Waals surface area (Å²) in [5.41, 5.74) is -0.605. The number of carbonyl (C=O) groups is 1. The number of hydrogen-bond acceptors (Lipinski definition) is 5. The van der Waals surface area contributed by atoms with Gasteiger partial charge in [-0.25, -0.2) is 4.79 Å². The minimum absolute atomic E-state index is 0.0545. The summed E-state index contributed by atoms with van der Waals surface area (Å²) in [5, 5.41) is 19.7. The van der Waals surface area contributed by atoms with E-state index in [9.17, 15) is 14.9 Å². The zero-order valence-corrected chi connectivity index (χ0v) is 9.79. The molecule has 0 aliphatic rings. The average molecular weight is 255 g/mol. The molecule has 1 aromatic carbocycles. The van der Waals surface area contributed by atoms with Crippen molar-refractivity contribution >= 4 is 11.7 Å². The van der Waals surface area contributed by atoms with Crippen molar-refractivity contribution < 1.29 is 24.3 Å². The molecule has 0 fully saturated rings. The molecule has 1 rings (SSSR count). The van der Waals surface area contributed by atoms with Gasteiger partial charge in [0.25, 0.3) is 0 Å². The molecule has 0 aromatic heterocycles. The van der Waals surface area contributed by atoms with E-state index >= 15 is 0 Å². The van der Waals surface area contributed by atoms with Crippen molar-refractivity contribution in [1.29, 1.82) is 0 Å². The molecule has 0 spiro atoms. The SMILES string of the molecule is CCOCCOc1c(C(=O)O)cccc1[N+](=O)[O-]. The molecule has 1 aromatic rings. The number of hydrogen-bond donors (Lipinski definition) is 1. The first kappa shape index (κ1) is 13.9. The van der Waals surface area contributed by atoms with Crippen LogP contribution >= 0.6 is 0 Å². The molecule has 0 bridgehead atoms. The molecule has 0 unspecified atom stereocenters. The lowest BCUT2D eigenvalue weighted by atomic mass is 10.2. The summed E-state index contributed by atoms with van der Waals surface area (Å²) in [6.07, 6.45) is 0. The lowest BCUT2D eigenvalue weighted by Crippen LogP contribution is -2.11. The number of aromatic carboxylic acids is 1. The van der Waals surface area contributed by atoms with Crippen molar-refractivity contribution in [3.05, 3.63) is 33.9 Å². The highest BCUT2D eigenvalue weighted by Gasteiger charge is 2.22. The monoisotopic (exact) mass is 255 g/mol. The second-order valence-electron chi connectivity index (χ2n) is 3.26. The number of para-hydroxylation sites is 1. The van der Waals surface area contributed by atoms with Crippen molar-refractivity contribution in [3.63, 3.8) is 0 Å². The number of nitro benzene ring substituents is 1. The highest BCUT2D eigenvalue weighted by molar-refractivity contribution is 5.92. The Kier molecular flexibility index (Phi) is 5.06. The Labute approximate surface area is 103 Å². The lowest BCUT2D eigenvalue weighted by molar-refractivity contribution is -0.385. The zero-order chi connectivity index (χ0) is 13.5. The van der Waals surface area contributed by atoms with Crippen molar-refractivity contribution in [1.82, 2.24) is 0 Å². The van der Waals surface area contributed by atoms with E-state index in [1.165, 1.54) is 18.2 Å². The highest BCUT2D eigenvalue weighted by Crippen LogP contribution is 2.30. The Bertz CT molecular complexity index is 413. The third-order valence-corrected chi connectivity index (χ3v) is 2.10. The van der Waals surface area contributed by atoms with Gasteiger partial charge in [0.1, 0.15) is 12.2 Å². The van der Waals surface area contributed by atoms with Crippen LogP contribution in [0.5, 0.6) is 5.75 Å². The molecule has 7 heteroatoms. The van der Waals surface area contributed by atoms with E-state index in [0.717, 1.165) is 0 Å². The number of carboxylic acid groups (broad SMARTS) is 1. The summed E-state index contributed by atoms with van der Waals surface area (Å²) in [5.74, 6) is -1.51. The van der Waals surface area contributed by atoms with Crippen LogP contribution in [0.15, 0.2) is 18.2 Å². The molecule has 0 aliphatic heterocycles. The van der Waals surface area contributed by atoms with E-state index in [4.69, 9.17) is 14.6 Å². The minimum Gasteiger partial charge on any atom is -0.484 e. The maximum absolute atomic E-state index is 11.0. The largest absolute Gasteiger partial charge is 0.484 e. The van der Waals surface area contributed by atoms with Gasteiger partial charge in [-0.05, 0) is 13.0 Å². The fourth-order valence-corrected chi connectivity index (χ4v) is 1.34. The molecule has 7 nitrogen and oxygen atoms in total. The Hall–Kier alpha value is -2.15. The number of ether oxygens (including phenoxy) is 2. The van der Waals surface area contributed by atoms with Crippen LogP contribution < -0.4 is 4.74 Å². The molecule has 0 amide bonds. The Morgan fingerprint density at radius 3 is 2.72 bits per heavy atom. The highest BCUT2D eigenvalue weighted by atomic mass is 16.6. The Balaban J connectivity index is 2.96. The van der Waals surface area contributed by atoms with Crippen LogP contribution in [0.25, 0.3) is 0 Å².